The number of hydrogen-bond acceptors (Lipinski definition) is 3. The van der Waals surface area contributed by atoms with Crippen LogP contribution in [0.4, 0.5) is 0 Å². The predicted octanol–water partition coefficient (Wildman–Crippen LogP) is 3.13. The van der Waals surface area contributed by atoms with E-state index in [2.05, 4.69) is 5.43 Å². The highest BCUT2D eigenvalue weighted by molar-refractivity contribution is 6.30. The maximum Gasteiger partial charge on any atom is 0.121 e. The van der Waals surface area contributed by atoms with E-state index in [4.69, 9.17) is 22.2 Å². The summed E-state index contributed by atoms with van der Waals surface area (Å²) in [6, 6.07) is 7.65. The van der Waals surface area contributed by atoms with Crippen molar-refractivity contribution in [3.05, 3.63) is 29.3 Å². The number of benzene rings is 1. The molecule has 1 aliphatic rings. The SMILES string of the molecule is CC(Oc1cccc(Cl)c1)C(CCC1CC1)NN. The largest absolute Gasteiger partial charge is 0.489 e. The van der Waals surface area contributed by atoms with Crippen molar-refractivity contribution in [3.8, 4) is 5.75 Å². The van der Waals surface area contributed by atoms with Crippen LogP contribution in [0.2, 0.25) is 5.02 Å². The van der Waals surface area contributed by atoms with Crippen LogP contribution in [-0.4, -0.2) is 12.1 Å². The smallest absolute Gasteiger partial charge is 0.121 e. The van der Waals surface area contributed by atoms with Crippen LogP contribution in [0, 0.1) is 5.92 Å². The molecule has 18 heavy (non-hydrogen) atoms. The zero-order valence-corrected chi connectivity index (χ0v) is 11.5. The molecule has 1 saturated carbocycles. The quantitative estimate of drug-likeness (QED) is 0.590. The fourth-order valence-corrected chi connectivity index (χ4v) is 2.29. The van der Waals surface area contributed by atoms with Crippen LogP contribution < -0.4 is 16.0 Å². The van der Waals surface area contributed by atoms with Crippen LogP contribution in [0.15, 0.2) is 24.3 Å². The number of halogens is 1. The van der Waals surface area contributed by atoms with Gasteiger partial charge in [-0.3, -0.25) is 11.3 Å². The highest BCUT2D eigenvalue weighted by Crippen LogP contribution is 2.34. The van der Waals surface area contributed by atoms with E-state index in [1.807, 2.05) is 31.2 Å². The lowest BCUT2D eigenvalue weighted by Crippen LogP contribution is -2.45. The molecule has 1 aliphatic carbocycles. The molecule has 2 atom stereocenters. The molecule has 0 saturated heterocycles. The molecule has 3 nitrogen and oxygen atoms in total. The van der Waals surface area contributed by atoms with Gasteiger partial charge in [0.25, 0.3) is 0 Å². The summed E-state index contributed by atoms with van der Waals surface area (Å²) in [6.45, 7) is 2.04. The van der Waals surface area contributed by atoms with E-state index < -0.39 is 0 Å². The Morgan fingerprint density at radius 3 is 2.89 bits per heavy atom. The maximum absolute atomic E-state index is 5.93. The van der Waals surface area contributed by atoms with Crippen molar-refractivity contribution in [1.82, 2.24) is 5.43 Å². The Balaban J connectivity index is 1.85. The Hall–Kier alpha value is -0.770. The first-order valence-electron chi connectivity index (χ1n) is 6.57. The Kier molecular flexibility index (Phi) is 4.87. The molecule has 0 heterocycles. The van der Waals surface area contributed by atoms with Gasteiger partial charge in [-0.15, -0.1) is 0 Å². The average molecular weight is 269 g/mol. The van der Waals surface area contributed by atoms with Crippen LogP contribution in [0.25, 0.3) is 0 Å². The van der Waals surface area contributed by atoms with E-state index in [1.165, 1.54) is 19.3 Å². The molecule has 0 spiro atoms. The van der Waals surface area contributed by atoms with Crippen molar-refractivity contribution in [2.75, 3.05) is 0 Å². The number of nitrogens with one attached hydrogen (secondary N) is 1. The van der Waals surface area contributed by atoms with Crippen molar-refractivity contribution < 1.29 is 4.74 Å². The summed E-state index contributed by atoms with van der Waals surface area (Å²) in [6.07, 6.45) is 5.08. The Bertz CT molecular complexity index is 382. The molecular weight excluding hydrogens is 248 g/mol. The third kappa shape index (κ3) is 4.16. The molecule has 2 rings (SSSR count). The Morgan fingerprint density at radius 2 is 2.28 bits per heavy atom. The molecule has 0 amide bonds. The second kappa shape index (κ2) is 6.41. The van der Waals surface area contributed by atoms with E-state index in [9.17, 15) is 0 Å². The molecule has 0 radical (unpaired) electrons. The van der Waals surface area contributed by atoms with Crippen molar-refractivity contribution in [2.24, 2.45) is 11.8 Å². The summed E-state index contributed by atoms with van der Waals surface area (Å²) in [7, 11) is 0. The lowest BCUT2D eigenvalue weighted by molar-refractivity contribution is 0.162. The molecule has 2 unspecified atom stereocenters. The zero-order chi connectivity index (χ0) is 13.0. The first-order valence-corrected chi connectivity index (χ1v) is 6.95. The van der Waals surface area contributed by atoms with Gasteiger partial charge in [0.05, 0.1) is 6.04 Å². The third-order valence-electron chi connectivity index (χ3n) is 3.48. The summed E-state index contributed by atoms with van der Waals surface area (Å²) in [5.41, 5.74) is 2.86. The topological polar surface area (TPSA) is 47.3 Å². The van der Waals surface area contributed by atoms with Crippen LogP contribution in [0.5, 0.6) is 5.75 Å². The molecule has 3 N–H and O–H groups in total. The van der Waals surface area contributed by atoms with Crippen LogP contribution in [-0.2, 0) is 0 Å². The predicted molar refractivity (Wildman–Crippen MR) is 74.6 cm³/mol. The summed E-state index contributed by atoms with van der Waals surface area (Å²) >= 11 is 5.93. The van der Waals surface area contributed by atoms with E-state index in [-0.39, 0.29) is 12.1 Å². The molecule has 0 aliphatic heterocycles. The number of rotatable bonds is 7. The van der Waals surface area contributed by atoms with Crippen molar-refractivity contribution in [1.29, 1.82) is 0 Å². The van der Waals surface area contributed by atoms with Gasteiger partial charge in [0.15, 0.2) is 0 Å². The fourth-order valence-electron chi connectivity index (χ4n) is 2.11. The van der Waals surface area contributed by atoms with Crippen LogP contribution in [0.3, 0.4) is 0 Å². The van der Waals surface area contributed by atoms with Crippen molar-refractivity contribution in [2.45, 2.75) is 44.8 Å². The number of hydrazine groups is 1. The second-order valence-electron chi connectivity index (χ2n) is 5.07. The van der Waals surface area contributed by atoms with Crippen LogP contribution in [0.1, 0.15) is 32.6 Å². The molecule has 0 aromatic heterocycles. The minimum absolute atomic E-state index is 0.0345. The Labute approximate surface area is 114 Å². The minimum atomic E-state index is 0.0345. The summed E-state index contributed by atoms with van der Waals surface area (Å²) in [5.74, 6) is 7.32. The monoisotopic (exact) mass is 268 g/mol. The normalized spacial score (nSPS) is 18.4. The molecule has 100 valence electrons. The van der Waals surface area contributed by atoms with E-state index in [1.54, 1.807) is 0 Å². The molecular formula is C14H21ClN2O. The fraction of sp³-hybridized carbons (Fsp3) is 0.571. The molecule has 1 aromatic rings. The third-order valence-corrected chi connectivity index (χ3v) is 3.72. The van der Waals surface area contributed by atoms with Gasteiger partial charge < -0.3 is 4.74 Å². The molecule has 0 bridgehead atoms. The van der Waals surface area contributed by atoms with Gasteiger partial charge in [0.1, 0.15) is 11.9 Å². The first kappa shape index (κ1) is 13.7. The number of hydrogen-bond donors (Lipinski definition) is 2. The van der Waals surface area contributed by atoms with Gasteiger partial charge in [-0.25, -0.2) is 0 Å². The highest BCUT2D eigenvalue weighted by Gasteiger charge is 2.25. The van der Waals surface area contributed by atoms with Gasteiger partial charge in [0.2, 0.25) is 0 Å². The van der Waals surface area contributed by atoms with Crippen LogP contribution >= 0.6 is 11.6 Å². The van der Waals surface area contributed by atoms with Crippen molar-refractivity contribution >= 4 is 11.6 Å². The first-order chi connectivity index (χ1) is 8.69. The average Bonchev–Trinajstić information content (AvgIpc) is 3.14. The minimum Gasteiger partial charge on any atom is -0.489 e. The van der Waals surface area contributed by atoms with E-state index >= 15 is 0 Å². The summed E-state index contributed by atoms with van der Waals surface area (Å²) in [5, 5.41) is 0.690. The van der Waals surface area contributed by atoms with E-state index in [0.717, 1.165) is 18.1 Å². The molecule has 1 aromatic carbocycles. The Morgan fingerprint density at radius 1 is 1.50 bits per heavy atom. The van der Waals surface area contributed by atoms with Gasteiger partial charge >= 0.3 is 0 Å². The molecule has 1 fully saturated rings. The van der Waals surface area contributed by atoms with Gasteiger partial charge in [-0.2, -0.15) is 0 Å². The molecule has 4 heteroatoms. The van der Waals surface area contributed by atoms with Gasteiger partial charge in [-0.1, -0.05) is 30.5 Å². The number of nitrogens with two attached hydrogens (primary N) is 1. The maximum atomic E-state index is 5.93. The lowest BCUT2D eigenvalue weighted by Gasteiger charge is -2.24. The summed E-state index contributed by atoms with van der Waals surface area (Å²) < 4.78 is 5.87. The van der Waals surface area contributed by atoms with E-state index in [0.29, 0.717) is 5.02 Å². The lowest BCUT2D eigenvalue weighted by atomic mass is 10.0. The van der Waals surface area contributed by atoms with Gasteiger partial charge in [-0.05, 0) is 43.9 Å². The van der Waals surface area contributed by atoms with Gasteiger partial charge in [0, 0.05) is 5.02 Å². The highest BCUT2D eigenvalue weighted by atomic mass is 35.5. The zero-order valence-electron chi connectivity index (χ0n) is 10.7. The summed E-state index contributed by atoms with van der Waals surface area (Å²) in [4.78, 5) is 0. The second-order valence-corrected chi connectivity index (χ2v) is 5.51. The number of ether oxygens (including phenoxy) is 1. The van der Waals surface area contributed by atoms with Crippen molar-refractivity contribution in [3.63, 3.8) is 0 Å². The standard InChI is InChI=1S/C14H21ClN2O/c1-10(14(17-16)8-7-11-5-6-11)18-13-4-2-3-12(15)9-13/h2-4,9-11,14,17H,5-8,16H2,1H3.